The summed E-state index contributed by atoms with van der Waals surface area (Å²) >= 11 is 0. The molecule has 0 aliphatic carbocycles. The van der Waals surface area contributed by atoms with Gasteiger partial charge in [0.25, 0.3) is 5.56 Å². The Morgan fingerprint density at radius 2 is 1.89 bits per heavy atom. The molecule has 0 atom stereocenters. The molecule has 0 spiro atoms. The quantitative estimate of drug-likeness (QED) is 0.289. The molecule has 3 heterocycles. The maximum atomic E-state index is 12.1. The summed E-state index contributed by atoms with van der Waals surface area (Å²) in [6.45, 7) is 5.95. The van der Waals surface area contributed by atoms with E-state index in [0.29, 0.717) is 0 Å². The van der Waals surface area contributed by atoms with E-state index in [1.165, 1.54) is 23.6 Å². The van der Waals surface area contributed by atoms with E-state index >= 15 is 0 Å². The van der Waals surface area contributed by atoms with Crippen molar-refractivity contribution < 1.29 is 14.3 Å². The van der Waals surface area contributed by atoms with Gasteiger partial charge in [-0.3, -0.25) is 19.5 Å². The van der Waals surface area contributed by atoms with Crippen molar-refractivity contribution in [2.24, 2.45) is 0 Å². The molecule has 1 fully saturated rings. The number of nitrogens with zero attached hydrogens (tertiary/aromatic N) is 2. The third kappa shape index (κ3) is 7.50. The van der Waals surface area contributed by atoms with Gasteiger partial charge in [0.1, 0.15) is 0 Å². The van der Waals surface area contributed by atoms with Crippen LogP contribution in [0.4, 0.5) is 0 Å². The molecule has 1 aliphatic heterocycles. The maximum Gasteiger partial charge on any atom is 0.319 e. The number of ether oxygens (including phenoxy) is 1. The summed E-state index contributed by atoms with van der Waals surface area (Å²) in [5.41, 5.74) is 5.43. The molecule has 5 rings (SSSR count). The fourth-order valence-corrected chi connectivity index (χ4v) is 4.42. The van der Waals surface area contributed by atoms with E-state index in [0.717, 1.165) is 54.3 Å². The molecule has 9 heteroatoms. The molecule has 3 N–H and O–H groups in total. The van der Waals surface area contributed by atoms with Gasteiger partial charge in [-0.05, 0) is 68.8 Å². The fourth-order valence-electron chi connectivity index (χ4n) is 4.42. The zero-order valence-electron chi connectivity index (χ0n) is 21.8. The van der Waals surface area contributed by atoms with E-state index in [9.17, 15) is 14.4 Å². The average Bonchev–Trinajstić information content (AvgIpc) is 3.38. The molecule has 1 saturated heterocycles. The number of H-pyrrole nitrogens is 2. The predicted octanol–water partition coefficient (Wildman–Crippen LogP) is 3.42. The highest BCUT2D eigenvalue weighted by Gasteiger charge is 2.22. The normalized spacial score (nSPS) is 13.4. The van der Waals surface area contributed by atoms with Crippen molar-refractivity contribution in [3.05, 3.63) is 75.7 Å². The van der Waals surface area contributed by atoms with Crippen molar-refractivity contribution in [2.45, 2.75) is 32.6 Å². The number of benzene rings is 2. The highest BCUT2D eigenvalue weighted by atomic mass is 16.5. The van der Waals surface area contributed by atoms with E-state index in [-0.39, 0.29) is 24.0 Å². The Bertz CT molecular complexity index is 1390. The number of amides is 1. The molecule has 37 heavy (non-hydrogen) atoms. The number of fused-ring (bicyclic) bond motifs is 2. The molecule has 0 saturated carbocycles. The van der Waals surface area contributed by atoms with E-state index in [1.54, 1.807) is 11.9 Å². The Kier molecular flexibility index (Phi) is 9.97. The van der Waals surface area contributed by atoms with Crippen LogP contribution in [0.1, 0.15) is 35.4 Å². The molecule has 1 amide bonds. The van der Waals surface area contributed by atoms with E-state index in [4.69, 9.17) is 0 Å². The molecule has 2 aromatic heterocycles. The molecule has 9 nitrogen and oxygen atoms in total. The number of rotatable bonds is 4. The van der Waals surface area contributed by atoms with E-state index in [1.807, 2.05) is 36.5 Å². The van der Waals surface area contributed by atoms with Crippen molar-refractivity contribution in [3.8, 4) is 0 Å². The molecular formula is C28H35N5O4. The average molecular weight is 506 g/mol. The lowest BCUT2D eigenvalue weighted by atomic mass is 9.90. The number of hydrogen-bond donors (Lipinski definition) is 3. The van der Waals surface area contributed by atoms with Crippen LogP contribution < -0.4 is 10.9 Å². The van der Waals surface area contributed by atoms with E-state index < -0.39 is 0 Å². The molecule has 0 radical (unpaired) electrons. The summed E-state index contributed by atoms with van der Waals surface area (Å²) < 4.78 is 4.29. The summed E-state index contributed by atoms with van der Waals surface area (Å²) in [6.07, 6.45) is 4.47. The number of likely N-dealkylation sites (tertiary alicyclic amines) is 1. The number of para-hydroxylation sites is 1. The van der Waals surface area contributed by atoms with Gasteiger partial charge >= 0.3 is 5.97 Å². The van der Waals surface area contributed by atoms with Crippen LogP contribution >= 0.6 is 0 Å². The Labute approximate surface area is 216 Å². The number of aryl methyl sites for hydroxylation is 2. The van der Waals surface area contributed by atoms with Gasteiger partial charge in [0.05, 0.1) is 25.4 Å². The standard InChI is InChI=1S/C15H16N2O2.C9H10N2.C4H9NO2/c18-10-17-7-5-11(6-8-17)13-9-12-3-1-2-4-14(12)16-15(13)19;1-6-3-7(2)9-8(4-6)5-10-11-9;1-5-3-4(6)7-2/h1-4,9-11H,5-8H2,(H,16,19);3-5H,1-2H3,(H,10,11);5H,3H2,1-2H3. The van der Waals surface area contributed by atoms with Gasteiger partial charge in [0.15, 0.2) is 0 Å². The highest BCUT2D eigenvalue weighted by Crippen LogP contribution is 2.26. The van der Waals surface area contributed by atoms with Gasteiger partial charge in [-0.25, -0.2) is 0 Å². The lowest BCUT2D eigenvalue weighted by molar-refractivity contribution is -0.139. The first-order valence-electron chi connectivity index (χ1n) is 12.3. The van der Waals surface area contributed by atoms with Crippen LogP contribution in [0, 0.1) is 13.8 Å². The first-order valence-corrected chi connectivity index (χ1v) is 12.3. The Hall–Kier alpha value is -3.98. The predicted molar refractivity (Wildman–Crippen MR) is 146 cm³/mol. The Balaban J connectivity index is 0.000000178. The van der Waals surface area contributed by atoms with Gasteiger partial charge < -0.3 is 19.9 Å². The van der Waals surface area contributed by atoms with Crippen LogP contribution in [0.2, 0.25) is 0 Å². The fraction of sp³-hybridized carbons (Fsp3) is 0.357. The largest absolute Gasteiger partial charge is 0.468 e. The number of esters is 1. The van der Waals surface area contributed by atoms with Gasteiger partial charge in [0, 0.05) is 29.6 Å². The topological polar surface area (TPSA) is 120 Å². The first kappa shape index (κ1) is 27.6. The third-order valence-corrected chi connectivity index (χ3v) is 6.34. The van der Waals surface area contributed by atoms with E-state index in [2.05, 4.69) is 51.2 Å². The molecule has 4 aromatic rings. The minimum atomic E-state index is -0.234. The van der Waals surface area contributed by atoms with Gasteiger partial charge in [-0.1, -0.05) is 29.8 Å². The van der Waals surface area contributed by atoms with Crippen molar-refractivity contribution in [1.82, 2.24) is 25.4 Å². The summed E-state index contributed by atoms with van der Waals surface area (Å²) in [7, 11) is 3.05. The molecule has 0 unspecified atom stereocenters. The lowest BCUT2D eigenvalue weighted by Gasteiger charge is -2.29. The SMILES string of the molecule is CNCC(=O)OC.Cc1cc(C)c2[nH]ncc2c1.O=CN1CCC(c2cc3ccccc3[nH]c2=O)CC1. The van der Waals surface area contributed by atoms with Crippen molar-refractivity contribution in [3.63, 3.8) is 0 Å². The number of hydrogen-bond acceptors (Lipinski definition) is 6. The number of aromatic nitrogens is 3. The Morgan fingerprint density at radius 3 is 2.54 bits per heavy atom. The van der Waals surface area contributed by atoms with Crippen LogP contribution in [0.5, 0.6) is 0 Å². The van der Waals surface area contributed by atoms with Crippen LogP contribution in [-0.2, 0) is 14.3 Å². The van der Waals surface area contributed by atoms with Crippen molar-refractivity contribution in [2.75, 3.05) is 33.8 Å². The van der Waals surface area contributed by atoms with Crippen LogP contribution in [-0.4, -0.2) is 66.3 Å². The number of nitrogens with one attached hydrogen (secondary N) is 3. The zero-order chi connectivity index (χ0) is 26.8. The number of carbonyl (C=O) groups excluding carboxylic acids is 2. The van der Waals surface area contributed by atoms with Crippen molar-refractivity contribution in [1.29, 1.82) is 0 Å². The molecule has 0 bridgehead atoms. The Morgan fingerprint density at radius 1 is 1.16 bits per heavy atom. The monoisotopic (exact) mass is 505 g/mol. The zero-order valence-corrected chi connectivity index (χ0v) is 21.8. The second-order valence-electron chi connectivity index (χ2n) is 9.08. The first-order chi connectivity index (χ1) is 17.9. The van der Waals surface area contributed by atoms with Crippen LogP contribution in [0.3, 0.4) is 0 Å². The second kappa shape index (κ2) is 13.4. The minimum absolute atomic E-state index is 0.00301. The maximum absolute atomic E-state index is 12.1. The summed E-state index contributed by atoms with van der Waals surface area (Å²) in [5, 5.41) is 11.8. The van der Waals surface area contributed by atoms with Crippen molar-refractivity contribution >= 4 is 34.2 Å². The summed E-state index contributed by atoms with van der Waals surface area (Å²) in [5.74, 6) is 0.0204. The molecular weight excluding hydrogens is 470 g/mol. The summed E-state index contributed by atoms with van der Waals surface area (Å²) in [6, 6.07) is 14.1. The van der Waals surface area contributed by atoms with Gasteiger partial charge in [-0.15, -0.1) is 0 Å². The number of methoxy groups -OCH3 is 1. The number of piperidine rings is 1. The van der Waals surface area contributed by atoms with Gasteiger partial charge in [0.2, 0.25) is 6.41 Å². The third-order valence-electron chi connectivity index (χ3n) is 6.34. The molecule has 1 aliphatic rings. The van der Waals surface area contributed by atoms with Crippen LogP contribution in [0.25, 0.3) is 21.8 Å². The number of aromatic amines is 2. The minimum Gasteiger partial charge on any atom is -0.468 e. The number of carbonyl (C=O) groups is 2. The molecule has 196 valence electrons. The summed E-state index contributed by atoms with van der Waals surface area (Å²) in [4.78, 5) is 37.7. The highest BCUT2D eigenvalue weighted by molar-refractivity contribution is 5.81. The smallest absolute Gasteiger partial charge is 0.319 e. The number of pyridine rings is 1. The molecule has 2 aromatic carbocycles. The number of likely N-dealkylation sites (N-methyl/N-ethyl adjacent to an activating group) is 1. The lowest BCUT2D eigenvalue weighted by Crippen LogP contribution is -2.33. The van der Waals surface area contributed by atoms with Gasteiger partial charge in [-0.2, -0.15) is 5.10 Å². The van der Waals surface area contributed by atoms with Crippen LogP contribution in [0.15, 0.2) is 53.5 Å². The second-order valence-corrected chi connectivity index (χ2v) is 9.08.